The highest BCUT2D eigenvalue weighted by Gasteiger charge is 2.52. The van der Waals surface area contributed by atoms with E-state index in [-0.39, 0.29) is 5.92 Å². The van der Waals surface area contributed by atoms with Crippen LogP contribution in [0.25, 0.3) is 0 Å². The monoisotopic (exact) mass is 213 g/mol. The normalized spacial score (nSPS) is 30.0. The van der Waals surface area contributed by atoms with Crippen LogP contribution in [0.5, 0.6) is 0 Å². The molecular weight excluding hydrogens is 190 g/mol. The van der Waals surface area contributed by atoms with Gasteiger partial charge in [-0.3, -0.25) is 4.90 Å². The van der Waals surface area contributed by atoms with E-state index in [1.54, 1.807) is 0 Å². The van der Waals surface area contributed by atoms with Crippen LogP contribution in [0.4, 0.5) is 0 Å². The van der Waals surface area contributed by atoms with E-state index in [0.29, 0.717) is 12.5 Å². The Bertz CT molecular complexity index is 240. The largest absolute Gasteiger partial charge is 0.389 e. The number of nitrogens with zero attached hydrogens (tertiary/aromatic N) is 1. The molecule has 0 aromatic carbocycles. The van der Waals surface area contributed by atoms with Crippen LogP contribution in [0.2, 0.25) is 0 Å². The Morgan fingerprint density at radius 1 is 1.40 bits per heavy atom. The van der Waals surface area contributed by atoms with Gasteiger partial charge in [0.05, 0.1) is 11.2 Å². The van der Waals surface area contributed by atoms with Crippen molar-refractivity contribution in [1.82, 2.24) is 4.90 Å². The first-order valence-electron chi connectivity index (χ1n) is 6.01. The van der Waals surface area contributed by atoms with Crippen molar-refractivity contribution in [3.63, 3.8) is 0 Å². The molecule has 1 aliphatic heterocycles. The average molecular weight is 213 g/mol. The third kappa shape index (κ3) is 2.19. The summed E-state index contributed by atoms with van der Waals surface area (Å²) in [6.07, 6.45) is 2.37. The fourth-order valence-corrected chi connectivity index (χ4v) is 2.35. The lowest BCUT2D eigenvalue weighted by atomic mass is 9.85. The van der Waals surface area contributed by atoms with Crippen molar-refractivity contribution in [2.75, 3.05) is 19.6 Å². The quantitative estimate of drug-likeness (QED) is 0.727. The van der Waals surface area contributed by atoms with Gasteiger partial charge in [-0.05, 0) is 31.6 Å². The molecule has 88 valence electrons. The van der Waals surface area contributed by atoms with E-state index in [2.05, 4.69) is 4.90 Å². The van der Waals surface area contributed by atoms with Gasteiger partial charge in [0.2, 0.25) is 0 Å². The van der Waals surface area contributed by atoms with Crippen LogP contribution in [0, 0.1) is 11.8 Å². The zero-order chi connectivity index (χ0) is 11.3. The molecule has 1 saturated heterocycles. The molecule has 1 saturated carbocycles. The second-order valence-electron chi connectivity index (χ2n) is 6.03. The van der Waals surface area contributed by atoms with Gasteiger partial charge in [0.15, 0.2) is 0 Å². The van der Waals surface area contributed by atoms with Crippen molar-refractivity contribution in [1.29, 1.82) is 0 Å². The van der Waals surface area contributed by atoms with E-state index in [9.17, 15) is 10.2 Å². The molecule has 0 amide bonds. The summed E-state index contributed by atoms with van der Waals surface area (Å²) < 4.78 is 0. The molecule has 1 aliphatic carbocycles. The minimum atomic E-state index is -0.634. The zero-order valence-corrected chi connectivity index (χ0v) is 10.0. The molecule has 0 aromatic heterocycles. The third-order valence-corrected chi connectivity index (χ3v) is 4.12. The fourth-order valence-electron chi connectivity index (χ4n) is 2.35. The molecule has 2 N–H and O–H groups in total. The standard InChI is InChI=1S/C12H23NO2/c1-9(2)11(3,14)6-13-7-12(15,8-13)10-4-5-10/h9-10,14-15H,4-8H2,1-3H3. The van der Waals surface area contributed by atoms with Gasteiger partial charge in [-0.2, -0.15) is 0 Å². The summed E-state index contributed by atoms with van der Waals surface area (Å²) in [5.41, 5.74) is -1.06. The van der Waals surface area contributed by atoms with Crippen LogP contribution in [-0.2, 0) is 0 Å². The maximum absolute atomic E-state index is 10.1. The fraction of sp³-hybridized carbons (Fsp3) is 1.00. The van der Waals surface area contributed by atoms with E-state index in [1.165, 1.54) is 12.8 Å². The summed E-state index contributed by atoms with van der Waals surface area (Å²) in [7, 11) is 0. The minimum Gasteiger partial charge on any atom is -0.389 e. The molecule has 3 nitrogen and oxygen atoms in total. The lowest BCUT2D eigenvalue weighted by Gasteiger charge is -2.49. The molecule has 2 rings (SSSR count). The number of β-amino-alcohol motifs (C(OH)–C–C–N with tert-alkyl or cyclic N) is 2. The van der Waals surface area contributed by atoms with Gasteiger partial charge < -0.3 is 10.2 Å². The maximum atomic E-state index is 10.1. The van der Waals surface area contributed by atoms with Crippen LogP contribution in [0.15, 0.2) is 0 Å². The van der Waals surface area contributed by atoms with Crippen LogP contribution >= 0.6 is 0 Å². The van der Waals surface area contributed by atoms with Crippen LogP contribution < -0.4 is 0 Å². The number of likely N-dealkylation sites (tertiary alicyclic amines) is 1. The summed E-state index contributed by atoms with van der Waals surface area (Å²) in [5.74, 6) is 0.796. The molecule has 1 unspecified atom stereocenters. The Balaban J connectivity index is 1.80. The maximum Gasteiger partial charge on any atom is 0.0928 e. The summed E-state index contributed by atoms with van der Waals surface area (Å²) >= 11 is 0. The second kappa shape index (κ2) is 3.44. The molecular formula is C12H23NO2. The Morgan fingerprint density at radius 3 is 2.33 bits per heavy atom. The van der Waals surface area contributed by atoms with Crippen molar-refractivity contribution in [3.05, 3.63) is 0 Å². The molecule has 0 radical (unpaired) electrons. The molecule has 2 fully saturated rings. The van der Waals surface area contributed by atoms with Gasteiger partial charge in [-0.25, -0.2) is 0 Å². The second-order valence-corrected chi connectivity index (χ2v) is 6.03. The highest BCUT2D eigenvalue weighted by atomic mass is 16.3. The van der Waals surface area contributed by atoms with Gasteiger partial charge in [0.25, 0.3) is 0 Å². The first kappa shape index (κ1) is 11.4. The van der Waals surface area contributed by atoms with E-state index < -0.39 is 11.2 Å². The topological polar surface area (TPSA) is 43.7 Å². The van der Waals surface area contributed by atoms with Crippen molar-refractivity contribution >= 4 is 0 Å². The molecule has 1 atom stereocenters. The van der Waals surface area contributed by atoms with Gasteiger partial charge in [0, 0.05) is 19.6 Å². The van der Waals surface area contributed by atoms with E-state index >= 15 is 0 Å². The average Bonchev–Trinajstić information content (AvgIpc) is 2.81. The summed E-state index contributed by atoms with van der Waals surface area (Å²) in [6.45, 7) is 8.13. The summed E-state index contributed by atoms with van der Waals surface area (Å²) in [6, 6.07) is 0. The van der Waals surface area contributed by atoms with Crippen LogP contribution in [0.1, 0.15) is 33.6 Å². The molecule has 2 aliphatic rings. The lowest BCUT2D eigenvalue weighted by Crippen LogP contribution is -2.65. The van der Waals surface area contributed by atoms with Gasteiger partial charge in [0.1, 0.15) is 0 Å². The van der Waals surface area contributed by atoms with E-state index in [4.69, 9.17) is 0 Å². The SMILES string of the molecule is CC(C)C(C)(O)CN1CC(O)(C2CC2)C1. The predicted molar refractivity (Wildman–Crippen MR) is 59.6 cm³/mol. The Kier molecular flexibility index (Phi) is 2.61. The molecule has 0 spiro atoms. The number of hydrogen-bond donors (Lipinski definition) is 2. The van der Waals surface area contributed by atoms with Gasteiger partial charge in [-0.15, -0.1) is 0 Å². The Morgan fingerprint density at radius 2 is 1.93 bits per heavy atom. The van der Waals surface area contributed by atoms with Crippen LogP contribution in [0.3, 0.4) is 0 Å². The molecule has 0 aromatic rings. The van der Waals surface area contributed by atoms with Gasteiger partial charge in [-0.1, -0.05) is 13.8 Å². The van der Waals surface area contributed by atoms with E-state index in [1.807, 2.05) is 20.8 Å². The van der Waals surface area contributed by atoms with E-state index in [0.717, 1.165) is 13.1 Å². The van der Waals surface area contributed by atoms with Crippen LogP contribution in [-0.4, -0.2) is 45.9 Å². The third-order valence-electron chi connectivity index (χ3n) is 4.12. The molecule has 3 heteroatoms. The molecule has 1 heterocycles. The Hall–Kier alpha value is -0.120. The summed E-state index contributed by atoms with van der Waals surface area (Å²) in [5, 5.41) is 20.3. The van der Waals surface area contributed by atoms with Crippen molar-refractivity contribution in [2.45, 2.75) is 44.8 Å². The molecule has 0 bridgehead atoms. The van der Waals surface area contributed by atoms with Crippen molar-refractivity contribution < 1.29 is 10.2 Å². The number of hydrogen-bond acceptors (Lipinski definition) is 3. The minimum absolute atomic E-state index is 0.257. The van der Waals surface area contributed by atoms with Gasteiger partial charge >= 0.3 is 0 Å². The highest BCUT2D eigenvalue weighted by Crippen LogP contribution is 2.44. The summed E-state index contributed by atoms with van der Waals surface area (Å²) in [4.78, 5) is 2.16. The lowest BCUT2D eigenvalue weighted by molar-refractivity contribution is -0.140. The highest BCUT2D eigenvalue weighted by molar-refractivity contribution is 5.06. The predicted octanol–water partition coefficient (Wildman–Crippen LogP) is 0.850. The zero-order valence-electron chi connectivity index (χ0n) is 10.0. The first-order valence-corrected chi connectivity index (χ1v) is 6.01. The number of aliphatic hydroxyl groups is 2. The number of rotatable bonds is 4. The molecule has 15 heavy (non-hydrogen) atoms. The van der Waals surface area contributed by atoms with Crippen molar-refractivity contribution in [3.8, 4) is 0 Å². The van der Waals surface area contributed by atoms with Crippen molar-refractivity contribution in [2.24, 2.45) is 11.8 Å². The first-order chi connectivity index (χ1) is 6.83. The Labute approximate surface area is 92.1 Å². The smallest absolute Gasteiger partial charge is 0.0928 e.